The molecule has 33 heavy (non-hydrogen) atoms. The van der Waals surface area contributed by atoms with E-state index in [2.05, 4.69) is 31.4 Å². The van der Waals surface area contributed by atoms with Gasteiger partial charge in [0.25, 0.3) is 0 Å². The van der Waals surface area contributed by atoms with E-state index in [1.807, 2.05) is 65.9 Å². The lowest BCUT2D eigenvalue weighted by molar-refractivity contribution is -0.120. The van der Waals surface area contributed by atoms with Gasteiger partial charge in [0.15, 0.2) is 5.82 Å². The number of hydrogen-bond donors (Lipinski definition) is 2. The van der Waals surface area contributed by atoms with Gasteiger partial charge in [-0.3, -0.25) is 4.79 Å². The Morgan fingerprint density at radius 3 is 2.64 bits per heavy atom. The summed E-state index contributed by atoms with van der Waals surface area (Å²) in [5, 5.41) is 12.1. The number of rotatable bonds is 8. The Hall–Kier alpha value is -3.33. The normalized spacial score (nSPS) is 12.6. The fraction of sp³-hybridized carbons (Fsp3) is 0.375. The Morgan fingerprint density at radius 1 is 1.21 bits per heavy atom. The highest BCUT2D eigenvalue weighted by Gasteiger charge is 2.23. The van der Waals surface area contributed by atoms with Crippen molar-refractivity contribution in [2.24, 2.45) is 0 Å². The van der Waals surface area contributed by atoms with Gasteiger partial charge < -0.3 is 20.0 Å². The van der Waals surface area contributed by atoms with Gasteiger partial charge >= 0.3 is 0 Å². The second kappa shape index (κ2) is 9.27. The molecule has 2 N–H and O–H groups in total. The zero-order chi connectivity index (χ0) is 23.6. The quantitative estimate of drug-likeness (QED) is 0.399. The average molecular weight is 467 g/mol. The molecule has 3 aromatic heterocycles. The second-order valence-corrected chi connectivity index (χ2v) is 10.2. The Bertz CT molecular complexity index is 1210. The molecular weight excluding hydrogens is 436 g/mol. The zero-order valence-corrected chi connectivity index (χ0v) is 20.4. The molecule has 1 aromatic carbocycles. The average Bonchev–Trinajstić information content (AvgIpc) is 3.45. The third-order valence-electron chi connectivity index (χ3n) is 4.94. The molecule has 0 aliphatic carbocycles. The van der Waals surface area contributed by atoms with Gasteiger partial charge in [-0.05, 0) is 39.8 Å². The third-order valence-corrected chi connectivity index (χ3v) is 5.96. The van der Waals surface area contributed by atoms with Crippen molar-refractivity contribution in [1.82, 2.24) is 19.9 Å². The van der Waals surface area contributed by atoms with Gasteiger partial charge in [-0.25, -0.2) is 4.98 Å². The van der Waals surface area contributed by atoms with Crippen LogP contribution in [0.15, 0.2) is 53.1 Å². The van der Waals surface area contributed by atoms with E-state index < -0.39 is 0 Å². The highest BCUT2D eigenvalue weighted by Crippen LogP contribution is 2.34. The molecule has 0 bridgehead atoms. The number of nitrogens with one attached hydrogen (secondary N) is 2. The number of benzene rings is 1. The van der Waals surface area contributed by atoms with E-state index in [9.17, 15) is 4.79 Å². The van der Waals surface area contributed by atoms with Crippen molar-refractivity contribution in [3.63, 3.8) is 0 Å². The number of anilines is 2. The summed E-state index contributed by atoms with van der Waals surface area (Å²) < 4.78 is 7.20. The summed E-state index contributed by atoms with van der Waals surface area (Å²) >= 11 is 1.46. The monoisotopic (exact) mass is 466 g/mol. The smallest absolute Gasteiger partial charge is 0.239 e. The predicted octanol–water partition coefficient (Wildman–Crippen LogP) is 4.44. The van der Waals surface area contributed by atoms with E-state index in [0.717, 1.165) is 32.9 Å². The maximum Gasteiger partial charge on any atom is 0.239 e. The summed E-state index contributed by atoms with van der Waals surface area (Å²) in [5.74, 6) is 1.63. The maximum absolute atomic E-state index is 12.6. The number of hydrogen-bond acceptors (Lipinski definition) is 7. The molecule has 4 aromatic rings. The number of aromatic nitrogens is 3. The fourth-order valence-electron chi connectivity index (χ4n) is 3.54. The molecule has 3 heterocycles. The molecule has 8 nitrogen and oxygen atoms in total. The minimum absolute atomic E-state index is 0.0262. The van der Waals surface area contributed by atoms with Crippen molar-refractivity contribution < 1.29 is 9.21 Å². The molecule has 0 unspecified atom stereocenters. The van der Waals surface area contributed by atoms with Gasteiger partial charge in [0.05, 0.1) is 12.8 Å². The summed E-state index contributed by atoms with van der Waals surface area (Å²) in [4.78, 5) is 20.0. The summed E-state index contributed by atoms with van der Waals surface area (Å²) in [6.07, 6.45) is 2.29. The lowest BCUT2D eigenvalue weighted by atomic mass is 10.1. The van der Waals surface area contributed by atoms with Gasteiger partial charge in [0.1, 0.15) is 11.5 Å². The van der Waals surface area contributed by atoms with Crippen LogP contribution in [0.25, 0.3) is 16.2 Å². The van der Waals surface area contributed by atoms with E-state index in [-0.39, 0.29) is 24.0 Å². The Labute approximate surface area is 197 Å². The first-order chi connectivity index (χ1) is 15.7. The summed E-state index contributed by atoms with van der Waals surface area (Å²) in [7, 11) is 1.87. The molecule has 0 radical (unpaired) electrons. The van der Waals surface area contributed by atoms with Crippen LogP contribution in [0.3, 0.4) is 0 Å². The van der Waals surface area contributed by atoms with Crippen LogP contribution >= 0.6 is 11.3 Å². The van der Waals surface area contributed by atoms with Gasteiger partial charge in [-0.15, -0.1) is 5.10 Å². The second-order valence-electron chi connectivity index (χ2n) is 9.24. The van der Waals surface area contributed by atoms with Crippen LogP contribution in [-0.4, -0.2) is 45.7 Å². The van der Waals surface area contributed by atoms with E-state index in [0.29, 0.717) is 6.42 Å². The zero-order valence-electron chi connectivity index (χ0n) is 19.6. The molecule has 0 saturated carbocycles. The van der Waals surface area contributed by atoms with Crippen molar-refractivity contribution in [3.05, 3.63) is 54.5 Å². The number of nitrogens with zero attached hydrogens (tertiary/aromatic N) is 4. The molecule has 1 amide bonds. The van der Waals surface area contributed by atoms with Crippen LogP contribution in [0, 0.1) is 0 Å². The molecule has 0 fully saturated rings. The minimum Gasteiger partial charge on any atom is -0.469 e. The molecule has 0 spiro atoms. The van der Waals surface area contributed by atoms with Crippen LogP contribution < -0.4 is 15.5 Å². The largest absolute Gasteiger partial charge is 0.469 e. The Balaban J connectivity index is 1.51. The van der Waals surface area contributed by atoms with E-state index in [1.54, 1.807) is 6.26 Å². The Morgan fingerprint density at radius 2 is 1.97 bits per heavy atom. The maximum atomic E-state index is 12.6. The molecular formula is C24H30N6O2S. The van der Waals surface area contributed by atoms with Gasteiger partial charge in [0, 0.05) is 30.6 Å². The fourth-order valence-corrected chi connectivity index (χ4v) is 4.40. The molecule has 1 atom stereocenters. The molecule has 0 saturated heterocycles. The molecule has 0 aliphatic rings. The topological polar surface area (TPSA) is 87.7 Å². The SMILES string of the molecule is C[C@H](Cc1ccco1)NC(=O)CN(C)c1nn2c(NC(C)(C)C)c(-c3ccccc3)nc2s1. The minimum atomic E-state index is -0.167. The van der Waals surface area contributed by atoms with Gasteiger partial charge in [0.2, 0.25) is 16.0 Å². The summed E-state index contributed by atoms with van der Waals surface area (Å²) in [6.45, 7) is 8.48. The number of carbonyl (C=O) groups is 1. The van der Waals surface area contributed by atoms with Gasteiger partial charge in [-0.1, -0.05) is 41.7 Å². The number of imidazole rings is 1. The first kappa shape index (κ1) is 22.8. The molecule has 0 aliphatic heterocycles. The summed E-state index contributed by atoms with van der Waals surface area (Å²) in [5.41, 5.74) is 1.73. The number of amides is 1. The van der Waals surface area contributed by atoms with E-state index >= 15 is 0 Å². The Kier molecular flexibility index (Phi) is 6.42. The van der Waals surface area contributed by atoms with Crippen molar-refractivity contribution in [2.75, 3.05) is 23.8 Å². The summed E-state index contributed by atoms with van der Waals surface area (Å²) in [6, 6.07) is 13.8. The molecule has 4 rings (SSSR count). The van der Waals surface area contributed by atoms with Crippen molar-refractivity contribution in [2.45, 2.75) is 45.7 Å². The van der Waals surface area contributed by atoms with E-state index in [4.69, 9.17) is 14.5 Å². The standard InChI is InChI=1S/C24H30N6O2S/c1-16(14-18-12-9-13-32-18)25-19(31)15-29(5)23-28-30-21(27-24(2,3)4)20(26-22(30)33-23)17-10-7-6-8-11-17/h6-13,16,27H,14-15H2,1-5H3,(H,25,31)/t16-/m1/s1. The number of fused-ring (bicyclic) bond motifs is 1. The molecule has 9 heteroatoms. The van der Waals surface area contributed by atoms with E-state index in [1.165, 1.54) is 11.3 Å². The lowest BCUT2D eigenvalue weighted by Crippen LogP contribution is -2.40. The first-order valence-electron chi connectivity index (χ1n) is 11.0. The van der Waals surface area contributed by atoms with Crippen molar-refractivity contribution in [3.8, 4) is 11.3 Å². The van der Waals surface area contributed by atoms with Crippen molar-refractivity contribution in [1.29, 1.82) is 0 Å². The van der Waals surface area contributed by atoms with Crippen LogP contribution in [-0.2, 0) is 11.2 Å². The number of carbonyl (C=O) groups excluding carboxylic acids is 1. The van der Waals surface area contributed by atoms with Gasteiger partial charge in [-0.2, -0.15) is 4.52 Å². The third kappa shape index (κ3) is 5.54. The molecule has 174 valence electrons. The highest BCUT2D eigenvalue weighted by molar-refractivity contribution is 7.20. The predicted molar refractivity (Wildman–Crippen MR) is 133 cm³/mol. The van der Waals surface area contributed by atoms with Crippen LogP contribution in [0.2, 0.25) is 0 Å². The number of likely N-dealkylation sites (N-methyl/N-ethyl adjacent to an activating group) is 1. The van der Waals surface area contributed by atoms with Crippen LogP contribution in [0.4, 0.5) is 10.9 Å². The first-order valence-corrected chi connectivity index (χ1v) is 11.8. The van der Waals surface area contributed by atoms with Crippen LogP contribution in [0.1, 0.15) is 33.5 Å². The lowest BCUT2D eigenvalue weighted by Gasteiger charge is -2.22. The van der Waals surface area contributed by atoms with Crippen molar-refractivity contribution >= 4 is 33.2 Å². The van der Waals surface area contributed by atoms with Crippen LogP contribution in [0.5, 0.6) is 0 Å². The number of furan rings is 1. The highest BCUT2D eigenvalue weighted by atomic mass is 32.1.